The Hall–Kier alpha value is -1.55. The van der Waals surface area contributed by atoms with E-state index < -0.39 is 6.10 Å². The van der Waals surface area contributed by atoms with Gasteiger partial charge in [0.1, 0.15) is 5.75 Å². The Morgan fingerprint density at radius 2 is 1.91 bits per heavy atom. The summed E-state index contributed by atoms with van der Waals surface area (Å²) in [6.07, 6.45) is 0.337. The van der Waals surface area contributed by atoms with Crippen LogP contribution in [0.1, 0.15) is 24.2 Å². The molecule has 0 heterocycles. The molecular weight excluding hydrogens is 298 g/mol. The van der Waals surface area contributed by atoms with Crippen molar-refractivity contribution in [1.29, 1.82) is 0 Å². The first-order valence-electron chi connectivity index (χ1n) is 7.38. The summed E-state index contributed by atoms with van der Waals surface area (Å²) in [5.41, 5.74) is 2.06. The van der Waals surface area contributed by atoms with Crippen LogP contribution in [0, 0.1) is 0 Å². The van der Waals surface area contributed by atoms with Crippen LogP contribution < -0.4 is 10.1 Å². The van der Waals surface area contributed by atoms with Crippen molar-refractivity contribution < 1.29 is 9.84 Å². The zero-order valence-corrected chi connectivity index (χ0v) is 13.7. The number of hydrogen-bond donors (Lipinski definition) is 2. The van der Waals surface area contributed by atoms with Crippen LogP contribution in [0.25, 0.3) is 0 Å². The molecule has 0 aliphatic carbocycles. The molecule has 0 radical (unpaired) electrons. The molecule has 0 saturated carbocycles. The third kappa shape index (κ3) is 5.02. The summed E-state index contributed by atoms with van der Waals surface area (Å²) in [6, 6.07) is 15.6. The average molecular weight is 320 g/mol. The van der Waals surface area contributed by atoms with Gasteiger partial charge in [-0.05, 0) is 48.7 Å². The molecule has 0 fully saturated rings. The van der Waals surface area contributed by atoms with Crippen molar-refractivity contribution in [1.82, 2.24) is 5.32 Å². The Bertz CT molecular complexity index is 586. The van der Waals surface area contributed by atoms with E-state index in [1.807, 2.05) is 24.3 Å². The second-order valence-electron chi connectivity index (χ2n) is 5.43. The van der Waals surface area contributed by atoms with Crippen LogP contribution in [-0.4, -0.2) is 24.8 Å². The van der Waals surface area contributed by atoms with E-state index in [-0.39, 0.29) is 6.04 Å². The minimum atomic E-state index is -0.558. The summed E-state index contributed by atoms with van der Waals surface area (Å²) in [4.78, 5) is 0. The molecule has 0 saturated heterocycles. The molecule has 2 aromatic rings. The molecule has 0 bridgehead atoms. The van der Waals surface area contributed by atoms with Gasteiger partial charge in [0.05, 0.1) is 13.2 Å². The second kappa shape index (κ2) is 8.18. The van der Waals surface area contributed by atoms with Gasteiger partial charge in [-0.2, -0.15) is 0 Å². The van der Waals surface area contributed by atoms with E-state index in [0.29, 0.717) is 11.6 Å². The SMILES string of the molecule is COc1ccc(C[C@@H](C)NCC(O)c2cccc(Cl)c2)cc1. The third-order valence-corrected chi connectivity index (χ3v) is 3.83. The predicted molar refractivity (Wildman–Crippen MR) is 90.6 cm³/mol. The van der Waals surface area contributed by atoms with E-state index in [1.165, 1.54) is 5.56 Å². The van der Waals surface area contributed by atoms with E-state index in [2.05, 4.69) is 24.4 Å². The molecule has 0 aromatic heterocycles. The highest BCUT2D eigenvalue weighted by atomic mass is 35.5. The number of ether oxygens (including phenoxy) is 1. The summed E-state index contributed by atoms with van der Waals surface area (Å²) in [5.74, 6) is 0.862. The smallest absolute Gasteiger partial charge is 0.118 e. The topological polar surface area (TPSA) is 41.5 Å². The first kappa shape index (κ1) is 16.8. The molecule has 4 heteroatoms. The molecule has 2 atom stereocenters. The van der Waals surface area contributed by atoms with Crippen molar-refractivity contribution in [2.45, 2.75) is 25.5 Å². The molecule has 118 valence electrons. The first-order chi connectivity index (χ1) is 10.6. The minimum absolute atomic E-state index is 0.266. The van der Waals surface area contributed by atoms with Crippen molar-refractivity contribution in [2.75, 3.05) is 13.7 Å². The summed E-state index contributed by atoms with van der Waals surface area (Å²) in [5, 5.41) is 14.2. The van der Waals surface area contributed by atoms with E-state index in [1.54, 1.807) is 19.2 Å². The lowest BCUT2D eigenvalue weighted by atomic mass is 10.1. The standard InChI is InChI=1S/C18H22ClNO2/c1-13(10-14-6-8-17(22-2)9-7-14)20-12-18(21)15-4-3-5-16(19)11-15/h3-9,11,13,18,20-21H,10,12H2,1-2H3/t13-,18?/m1/s1. The fraction of sp³-hybridized carbons (Fsp3) is 0.333. The Morgan fingerprint density at radius 1 is 1.18 bits per heavy atom. The fourth-order valence-electron chi connectivity index (χ4n) is 2.33. The highest BCUT2D eigenvalue weighted by Crippen LogP contribution is 2.17. The second-order valence-corrected chi connectivity index (χ2v) is 5.87. The molecule has 2 rings (SSSR count). The zero-order chi connectivity index (χ0) is 15.9. The van der Waals surface area contributed by atoms with E-state index in [9.17, 15) is 5.11 Å². The number of hydrogen-bond acceptors (Lipinski definition) is 3. The molecule has 0 amide bonds. The molecule has 2 N–H and O–H groups in total. The summed E-state index contributed by atoms with van der Waals surface area (Å²) in [7, 11) is 1.66. The van der Waals surface area contributed by atoms with Crippen molar-refractivity contribution in [2.24, 2.45) is 0 Å². The zero-order valence-electron chi connectivity index (χ0n) is 12.9. The quantitative estimate of drug-likeness (QED) is 0.819. The third-order valence-electron chi connectivity index (χ3n) is 3.59. The molecular formula is C18H22ClNO2. The van der Waals surface area contributed by atoms with Crippen LogP contribution in [0.2, 0.25) is 5.02 Å². The monoisotopic (exact) mass is 319 g/mol. The normalized spacial score (nSPS) is 13.6. The average Bonchev–Trinajstić information content (AvgIpc) is 2.53. The number of aliphatic hydroxyl groups excluding tert-OH is 1. The number of nitrogens with one attached hydrogen (secondary N) is 1. The van der Waals surface area contributed by atoms with Crippen LogP contribution >= 0.6 is 11.6 Å². The van der Waals surface area contributed by atoms with Crippen LogP contribution in [-0.2, 0) is 6.42 Å². The van der Waals surface area contributed by atoms with Gasteiger partial charge in [0.2, 0.25) is 0 Å². The van der Waals surface area contributed by atoms with Gasteiger partial charge < -0.3 is 15.2 Å². The van der Waals surface area contributed by atoms with Crippen LogP contribution in [0.4, 0.5) is 0 Å². The maximum Gasteiger partial charge on any atom is 0.118 e. The Balaban J connectivity index is 1.82. The van der Waals surface area contributed by atoms with Crippen molar-refractivity contribution >= 4 is 11.6 Å². The molecule has 0 spiro atoms. The van der Waals surface area contributed by atoms with Gasteiger partial charge in [-0.25, -0.2) is 0 Å². The molecule has 1 unspecified atom stereocenters. The van der Waals surface area contributed by atoms with Crippen molar-refractivity contribution in [3.05, 3.63) is 64.7 Å². The maximum atomic E-state index is 10.2. The summed E-state index contributed by atoms with van der Waals surface area (Å²) in [6.45, 7) is 2.60. The molecule has 3 nitrogen and oxygen atoms in total. The highest BCUT2D eigenvalue weighted by Gasteiger charge is 2.10. The van der Waals surface area contributed by atoms with Gasteiger partial charge in [0, 0.05) is 17.6 Å². The van der Waals surface area contributed by atoms with Crippen LogP contribution in [0.15, 0.2) is 48.5 Å². The number of methoxy groups -OCH3 is 1. The van der Waals surface area contributed by atoms with Gasteiger partial charge in [-0.3, -0.25) is 0 Å². The fourth-order valence-corrected chi connectivity index (χ4v) is 2.53. The Kier molecular flexibility index (Phi) is 6.25. The van der Waals surface area contributed by atoms with Gasteiger partial charge in [-0.1, -0.05) is 35.9 Å². The minimum Gasteiger partial charge on any atom is -0.497 e. The lowest BCUT2D eigenvalue weighted by Gasteiger charge is -2.18. The lowest BCUT2D eigenvalue weighted by molar-refractivity contribution is 0.170. The number of aliphatic hydroxyl groups is 1. The largest absolute Gasteiger partial charge is 0.497 e. The van der Waals surface area contributed by atoms with Gasteiger partial charge >= 0.3 is 0 Å². The van der Waals surface area contributed by atoms with Crippen LogP contribution in [0.5, 0.6) is 5.75 Å². The molecule has 0 aliphatic heterocycles. The Labute approximate surface area is 136 Å². The highest BCUT2D eigenvalue weighted by molar-refractivity contribution is 6.30. The number of benzene rings is 2. The van der Waals surface area contributed by atoms with Gasteiger partial charge in [0.25, 0.3) is 0 Å². The van der Waals surface area contributed by atoms with E-state index >= 15 is 0 Å². The van der Waals surface area contributed by atoms with Crippen molar-refractivity contribution in [3.63, 3.8) is 0 Å². The number of rotatable bonds is 7. The maximum absolute atomic E-state index is 10.2. The predicted octanol–water partition coefficient (Wildman–Crippen LogP) is 3.60. The number of halogens is 1. The van der Waals surface area contributed by atoms with Crippen LogP contribution in [0.3, 0.4) is 0 Å². The molecule has 0 aliphatic rings. The van der Waals surface area contributed by atoms with E-state index in [4.69, 9.17) is 16.3 Å². The van der Waals surface area contributed by atoms with Gasteiger partial charge in [0.15, 0.2) is 0 Å². The summed E-state index contributed by atoms with van der Waals surface area (Å²) >= 11 is 5.94. The van der Waals surface area contributed by atoms with Crippen molar-refractivity contribution in [3.8, 4) is 5.75 Å². The Morgan fingerprint density at radius 3 is 2.55 bits per heavy atom. The summed E-state index contributed by atoms with van der Waals surface area (Å²) < 4.78 is 5.15. The molecule has 22 heavy (non-hydrogen) atoms. The lowest BCUT2D eigenvalue weighted by Crippen LogP contribution is -2.32. The van der Waals surface area contributed by atoms with Gasteiger partial charge in [-0.15, -0.1) is 0 Å². The molecule has 2 aromatic carbocycles. The van der Waals surface area contributed by atoms with E-state index in [0.717, 1.165) is 17.7 Å². The first-order valence-corrected chi connectivity index (χ1v) is 7.76.